The molecule has 4 nitrogen and oxygen atoms in total. The van der Waals surface area contributed by atoms with Gasteiger partial charge in [-0.05, 0) is 20.9 Å². The molecule has 5 heteroatoms. The van der Waals surface area contributed by atoms with Gasteiger partial charge in [0.05, 0.1) is 24.9 Å². The summed E-state index contributed by atoms with van der Waals surface area (Å²) in [6.45, 7) is 7.68. The van der Waals surface area contributed by atoms with E-state index in [0.717, 1.165) is 37.1 Å². The fourth-order valence-corrected chi connectivity index (χ4v) is 2.90. The highest BCUT2D eigenvalue weighted by atomic mass is 32.1. The Morgan fingerprint density at radius 2 is 2.38 bits per heavy atom. The Labute approximate surface area is 101 Å². The average Bonchev–Trinajstić information content (AvgIpc) is 2.60. The van der Waals surface area contributed by atoms with Gasteiger partial charge in [0.2, 0.25) is 0 Å². The summed E-state index contributed by atoms with van der Waals surface area (Å²) < 4.78 is 5.52. The first-order valence-electron chi connectivity index (χ1n) is 5.65. The second-order valence-electron chi connectivity index (χ2n) is 4.12. The molecule has 1 atom stereocenters. The first-order valence-corrected chi connectivity index (χ1v) is 6.47. The van der Waals surface area contributed by atoms with Crippen LogP contribution >= 0.6 is 11.3 Å². The van der Waals surface area contributed by atoms with Crippen molar-refractivity contribution in [3.8, 4) is 0 Å². The Kier molecular flexibility index (Phi) is 3.78. The van der Waals surface area contributed by atoms with Crippen LogP contribution in [0.2, 0.25) is 0 Å². The number of rotatable bonds is 3. The summed E-state index contributed by atoms with van der Waals surface area (Å²) in [4.78, 5) is 8.30. The third kappa shape index (κ3) is 2.36. The van der Waals surface area contributed by atoms with E-state index in [0.29, 0.717) is 6.04 Å². The Hall–Kier alpha value is -0.650. The minimum atomic E-state index is 0.406. The van der Waals surface area contributed by atoms with Crippen molar-refractivity contribution in [2.75, 3.05) is 38.3 Å². The Morgan fingerprint density at radius 3 is 3.00 bits per heavy atom. The highest BCUT2D eigenvalue weighted by Crippen LogP contribution is 2.27. The SMILES string of the molecule is CNCC1COCCN1c1nc(C)c(C)s1. The number of aromatic nitrogens is 1. The molecule has 0 radical (unpaired) electrons. The maximum Gasteiger partial charge on any atom is 0.186 e. The summed E-state index contributed by atoms with van der Waals surface area (Å²) >= 11 is 1.78. The maximum absolute atomic E-state index is 5.52. The van der Waals surface area contributed by atoms with Gasteiger partial charge in [-0.25, -0.2) is 4.98 Å². The number of hydrogen-bond donors (Lipinski definition) is 1. The Morgan fingerprint density at radius 1 is 1.56 bits per heavy atom. The molecule has 0 spiro atoms. The standard InChI is InChI=1S/C11H19N3OS/c1-8-9(2)16-11(13-8)14-4-5-15-7-10(14)6-12-3/h10,12H,4-7H2,1-3H3. The minimum Gasteiger partial charge on any atom is -0.377 e. The summed E-state index contributed by atoms with van der Waals surface area (Å²) in [6.07, 6.45) is 0. The predicted octanol–water partition coefficient (Wildman–Crippen LogP) is 1.18. The molecular formula is C11H19N3OS. The fourth-order valence-electron chi connectivity index (χ4n) is 1.89. The number of morpholine rings is 1. The topological polar surface area (TPSA) is 37.4 Å². The van der Waals surface area contributed by atoms with Crippen LogP contribution in [-0.2, 0) is 4.74 Å². The molecule has 1 saturated heterocycles. The minimum absolute atomic E-state index is 0.406. The van der Waals surface area contributed by atoms with Gasteiger partial charge >= 0.3 is 0 Å². The van der Waals surface area contributed by atoms with Crippen molar-refractivity contribution in [1.82, 2.24) is 10.3 Å². The highest BCUT2D eigenvalue weighted by Gasteiger charge is 2.25. The zero-order valence-electron chi connectivity index (χ0n) is 10.1. The molecule has 16 heavy (non-hydrogen) atoms. The quantitative estimate of drug-likeness (QED) is 0.862. The van der Waals surface area contributed by atoms with Crippen molar-refractivity contribution in [2.45, 2.75) is 19.9 Å². The van der Waals surface area contributed by atoms with E-state index in [-0.39, 0.29) is 0 Å². The van der Waals surface area contributed by atoms with Gasteiger partial charge < -0.3 is 15.0 Å². The lowest BCUT2D eigenvalue weighted by molar-refractivity contribution is 0.0943. The third-order valence-electron chi connectivity index (χ3n) is 2.93. The van der Waals surface area contributed by atoms with Gasteiger partial charge in [-0.3, -0.25) is 0 Å². The van der Waals surface area contributed by atoms with Crippen molar-refractivity contribution in [3.05, 3.63) is 10.6 Å². The fraction of sp³-hybridized carbons (Fsp3) is 0.727. The first kappa shape index (κ1) is 11.8. The molecule has 0 aliphatic carbocycles. The van der Waals surface area contributed by atoms with E-state index in [4.69, 9.17) is 4.74 Å². The van der Waals surface area contributed by atoms with E-state index in [1.54, 1.807) is 11.3 Å². The van der Waals surface area contributed by atoms with Crippen molar-refractivity contribution in [2.24, 2.45) is 0 Å². The van der Waals surface area contributed by atoms with Gasteiger partial charge in [-0.1, -0.05) is 0 Å². The zero-order valence-corrected chi connectivity index (χ0v) is 10.9. The third-order valence-corrected chi connectivity index (χ3v) is 4.04. The number of anilines is 1. The van der Waals surface area contributed by atoms with Gasteiger partial charge in [0.1, 0.15) is 0 Å². The van der Waals surface area contributed by atoms with E-state index in [1.807, 2.05) is 7.05 Å². The lowest BCUT2D eigenvalue weighted by Crippen LogP contribution is -2.50. The van der Waals surface area contributed by atoms with Crippen LogP contribution in [0.15, 0.2) is 0 Å². The van der Waals surface area contributed by atoms with Crippen LogP contribution in [0.4, 0.5) is 5.13 Å². The predicted molar refractivity (Wildman–Crippen MR) is 67.5 cm³/mol. The molecule has 1 aromatic heterocycles. The summed E-state index contributed by atoms with van der Waals surface area (Å²) in [5.74, 6) is 0. The zero-order chi connectivity index (χ0) is 11.5. The van der Waals surface area contributed by atoms with E-state index in [2.05, 4.69) is 29.0 Å². The largest absolute Gasteiger partial charge is 0.377 e. The summed E-state index contributed by atoms with van der Waals surface area (Å²) in [5.41, 5.74) is 1.15. The molecular weight excluding hydrogens is 222 g/mol. The van der Waals surface area contributed by atoms with Gasteiger partial charge in [0, 0.05) is 18.0 Å². The molecule has 1 aromatic rings. The number of likely N-dealkylation sites (N-methyl/N-ethyl adjacent to an activating group) is 1. The molecule has 0 saturated carbocycles. The Bertz CT molecular complexity index is 331. The second-order valence-corrected chi connectivity index (χ2v) is 5.30. The monoisotopic (exact) mass is 241 g/mol. The lowest BCUT2D eigenvalue weighted by Gasteiger charge is -2.35. The number of ether oxygens (including phenoxy) is 1. The van der Waals surface area contributed by atoms with Gasteiger partial charge in [0.25, 0.3) is 0 Å². The second kappa shape index (κ2) is 5.12. The molecule has 1 N–H and O–H groups in total. The van der Waals surface area contributed by atoms with Crippen LogP contribution in [0.3, 0.4) is 0 Å². The van der Waals surface area contributed by atoms with Crippen molar-refractivity contribution in [3.63, 3.8) is 0 Å². The van der Waals surface area contributed by atoms with Crippen LogP contribution < -0.4 is 10.2 Å². The van der Waals surface area contributed by atoms with E-state index < -0.39 is 0 Å². The van der Waals surface area contributed by atoms with Crippen LogP contribution in [0, 0.1) is 13.8 Å². The van der Waals surface area contributed by atoms with E-state index in [9.17, 15) is 0 Å². The molecule has 1 fully saturated rings. The normalized spacial score (nSPS) is 21.4. The van der Waals surface area contributed by atoms with Crippen LogP contribution in [0.5, 0.6) is 0 Å². The van der Waals surface area contributed by atoms with Gasteiger partial charge in [-0.2, -0.15) is 0 Å². The van der Waals surface area contributed by atoms with E-state index >= 15 is 0 Å². The summed E-state index contributed by atoms with van der Waals surface area (Å²) in [5, 5.41) is 4.35. The Balaban J connectivity index is 2.16. The number of aryl methyl sites for hydroxylation is 2. The molecule has 1 aliphatic rings. The van der Waals surface area contributed by atoms with Crippen LogP contribution in [0.1, 0.15) is 10.6 Å². The molecule has 0 bridgehead atoms. The molecule has 2 rings (SSSR count). The molecule has 2 heterocycles. The van der Waals surface area contributed by atoms with Crippen molar-refractivity contribution in [1.29, 1.82) is 0 Å². The highest BCUT2D eigenvalue weighted by molar-refractivity contribution is 7.15. The number of nitrogens with zero attached hydrogens (tertiary/aromatic N) is 2. The molecule has 1 unspecified atom stereocenters. The summed E-state index contributed by atoms with van der Waals surface area (Å²) in [6, 6.07) is 0.406. The van der Waals surface area contributed by atoms with E-state index in [1.165, 1.54) is 4.88 Å². The summed E-state index contributed by atoms with van der Waals surface area (Å²) in [7, 11) is 1.98. The maximum atomic E-state index is 5.52. The molecule has 0 aromatic carbocycles. The van der Waals surface area contributed by atoms with Crippen LogP contribution in [-0.4, -0.2) is 44.4 Å². The smallest absolute Gasteiger partial charge is 0.186 e. The number of hydrogen-bond acceptors (Lipinski definition) is 5. The first-order chi connectivity index (χ1) is 7.72. The van der Waals surface area contributed by atoms with Crippen molar-refractivity contribution >= 4 is 16.5 Å². The van der Waals surface area contributed by atoms with Gasteiger partial charge in [0.15, 0.2) is 5.13 Å². The molecule has 90 valence electrons. The molecule has 1 aliphatic heterocycles. The number of thiazole rings is 1. The lowest BCUT2D eigenvalue weighted by atomic mass is 10.2. The van der Waals surface area contributed by atoms with Crippen molar-refractivity contribution < 1.29 is 4.74 Å². The van der Waals surface area contributed by atoms with Gasteiger partial charge in [-0.15, -0.1) is 11.3 Å². The molecule has 0 amide bonds. The average molecular weight is 241 g/mol. The van der Waals surface area contributed by atoms with Crippen LogP contribution in [0.25, 0.3) is 0 Å². The number of nitrogens with one attached hydrogen (secondary N) is 1.